The fourth-order valence-electron chi connectivity index (χ4n) is 3.40. The number of aryl methyl sites for hydroxylation is 1. The number of aromatic nitrogens is 5. The highest BCUT2D eigenvalue weighted by Crippen LogP contribution is 2.26. The third-order valence-corrected chi connectivity index (χ3v) is 4.92. The summed E-state index contributed by atoms with van der Waals surface area (Å²) in [5.41, 5.74) is 1.98. The van der Waals surface area contributed by atoms with E-state index >= 15 is 0 Å². The smallest absolute Gasteiger partial charge is 0.140 e. The highest BCUT2D eigenvalue weighted by molar-refractivity contribution is 5.88. The first kappa shape index (κ1) is 17.6. The lowest BCUT2D eigenvalue weighted by Crippen LogP contribution is -2.47. The molecule has 1 fully saturated rings. The predicted octanol–water partition coefficient (Wildman–Crippen LogP) is 2.75. The van der Waals surface area contributed by atoms with Crippen LogP contribution in [0.15, 0.2) is 30.9 Å². The lowest BCUT2D eigenvalue weighted by Gasteiger charge is -2.36. The number of hydrogen-bond donors (Lipinski definition) is 0. The van der Waals surface area contributed by atoms with E-state index in [9.17, 15) is 0 Å². The van der Waals surface area contributed by atoms with Crippen LogP contribution in [0.3, 0.4) is 0 Å². The summed E-state index contributed by atoms with van der Waals surface area (Å²) >= 11 is 0. The molecule has 0 radical (unpaired) electrons. The molecule has 1 aliphatic rings. The summed E-state index contributed by atoms with van der Waals surface area (Å²) in [7, 11) is 0. The molecule has 3 aromatic rings. The second kappa shape index (κ2) is 6.72. The van der Waals surface area contributed by atoms with Gasteiger partial charge in [-0.1, -0.05) is 20.8 Å². The average molecular weight is 363 g/mol. The van der Waals surface area contributed by atoms with E-state index in [1.165, 1.54) is 0 Å². The van der Waals surface area contributed by atoms with Gasteiger partial charge in [-0.2, -0.15) is 0 Å². The molecule has 0 saturated carbocycles. The molecule has 0 unspecified atom stereocenters. The minimum atomic E-state index is 0.0188. The third-order valence-electron chi connectivity index (χ3n) is 4.92. The Balaban J connectivity index is 1.55. The second-order valence-corrected chi connectivity index (χ2v) is 7.97. The van der Waals surface area contributed by atoms with Crippen molar-refractivity contribution in [2.75, 3.05) is 36.0 Å². The van der Waals surface area contributed by atoms with Crippen molar-refractivity contribution in [1.29, 1.82) is 0 Å². The predicted molar refractivity (Wildman–Crippen MR) is 107 cm³/mol. The van der Waals surface area contributed by atoms with Gasteiger partial charge in [0.15, 0.2) is 0 Å². The molecule has 0 bridgehead atoms. The van der Waals surface area contributed by atoms with E-state index in [1.54, 1.807) is 18.7 Å². The summed E-state index contributed by atoms with van der Waals surface area (Å²) in [6, 6.07) is 4.11. The monoisotopic (exact) mass is 363 g/mol. The molecule has 0 spiro atoms. The summed E-state index contributed by atoms with van der Waals surface area (Å²) in [6.45, 7) is 12.0. The molecule has 1 aliphatic heterocycles. The van der Waals surface area contributed by atoms with Crippen molar-refractivity contribution in [3.8, 4) is 0 Å². The lowest BCUT2D eigenvalue weighted by molar-refractivity contribution is 0.564. The standard InChI is InChI=1S/C20H25N7/c1-14-24-16-12-21-6-5-15(16)19(25-14)27-9-7-26(8-10-27)18-11-17(20(2,3)4)22-13-23-18/h5-6,11-13H,7-10H2,1-4H3. The van der Waals surface area contributed by atoms with Crippen LogP contribution in [-0.2, 0) is 5.41 Å². The van der Waals surface area contributed by atoms with Gasteiger partial charge in [-0.25, -0.2) is 19.9 Å². The van der Waals surface area contributed by atoms with Gasteiger partial charge in [0.05, 0.1) is 17.4 Å². The van der Waals surface area contributed by atoms with Crippen LogP contribution in [-0.4, -0.2) is 51.1 Å². The van der Waals surface area contributed by atoms with Gasteiger partial charge >= 0.3 is 0 Å². The van der Waals surface area contributed by atoms with Crippen molar-refractivity contribution in [2.24, 2.45) is 0 Å². The first-order chi connectivity index (χ1) is 12.9. The first-order valence-electron chi connectivity index (χ1n) is 9.32. The number of rotatable bonds is 2. The Kier molecular flexibility index (Phi) is 4.37. The van der Waals surface area contributed by atoms with Gasteiger partial charge in [0.2, 0.25) is 0 Å². The maximum Gasteiger partial charge on any atom is 0.140 e. The molecule has 3 aromatic heterocycles. The Bertz CT molecular complexity index is 956. The highest BCUT2D eigenvalue weighted by Gasteiger charge is 2.23. The van der Waals surface area contributed by atoms with E-state index in [0.717, 1.165) is 60.2 Å². The van der Waals surface area contributed by atoms with Crippen LogP contribution in [0, 0.1) is 6.92 Å². The zero-order valence-corrected chi connectivity index (χ0v) is 16.3. The molecule has 0 N–H and O–H groups in total. The summed E-state index contributed by atoms with van der Waals surface area (Å²) in [4.78, 5) is 27.0. The number of fused-ring (bicyclic) bond motifs is 1. The fraction of sp³-hybridized carbons (Fsp3) is 0.450. The quantitative estimate of drug-likeness (QED) is 0.693. The Hall–Kier alpha value is -2.83. The van der Waals surface area contributed by atoms with Crippen molar-refractivity contribution >= 4 is 22.5 Å². The van der Waals surface area contributed by atoms with E-state index in [4.69, 9.17) is 4.98 Å². The molecular formula is C20H25N7. The van der Waals surface area contributed by atoms with Crippen LogP contribution in [0.2, 0.25) is 0 Å². The van der Waals surface area contributed by atoms with Crippen LogP contribution < -0.4 is 9.80 Å². The summed E-state index contributed by atoms with van der Waals surface area (Å²) in [6.07, 6.45) is 5.28. The normalized spacial score (nSPS) is 15.4. The van der Waals surface area contributed by atoms with Crippen LogP contribution >= 0.6 is 0 Å². The molecule has 7 heteroatoms. The molecule has 0 amide bonds. The minimum absolute atomic E-state index is 0.0188. The van der Waals surface area contributed by atoms with Gasteiger partial charge in [0, 0.05) is 49.2 Å². The topological polar surface area (TPSA) is 70.9 Å². The molecule has 0 aliphatic carbocycles. The van der Waals surface area contributed by atoms with E-state index in [1.807, 2.05) is 13.0 Å². The Morgan fingerprint density at radius 3 is 2.44 bits per heavy atom. The summed E-state index contributed by atoms with van der Waals surface area (Å²) < 4.78 is 0. The molecule has 1 saturated heterocycles. The van der Waals surface area contributed by atoms with Gasteiger partial charge in [0.25, 0.3) is 0 Å². The number of hydrogen-bond acceptors (Lipinski definition) is 7. The van der Waals surface area contributed by atoms with Crippen molar-refractivity contribution in [1.82, 2.24) is 24.9 Å². The number of pyridine rings is 1. The maximum atomic E-state index is 4.71. The van der Waals surface area contributed by atoms with Crippen molar-refractivity contribution < 1.29 is 0 Å². The molecule has 27 heavy (non-hydrogen) atoms. The largest absolute Gasteiger partial charge is 0.353 e. The van der Waals surface area contributed by atoms with Gasteiger partial charge in [0.1, 0.15) is 23.8 Å². The van der Waals surface area contributed by atoms with Gasteiger partial charge in [-0.15, -0.1) is 0 Å². The van der Waals surface area contributed by atoms with Gasteiger partial charge in [-0.05, 0) is 13.0 Å². The molecular weight excluding hydrogens is 338 g/mol. The zero-order chi connectivity index (χ0) is 19.0. The minimum Gasteiger partial charge on any atom is -0.353 e. The molecule has 0 atom stereocenters. The summed E-state index contributed by atoms with van der Waals surface area (Å²) in [5.74, 6) is 2.78. The average Bonchev–Trinajstić information content (AvgIpc) is 2.67. The number of nitrogens with zero attached hydrogens (tertiary/aromatic N) is 7. The van der Waals surface area contributed by atoms with Gasteiger partial charge in [-0.3, -0.25) is 4.98 Å². The van der Waals surface area contributed by atoms with Crippen LogP contribution in [0.25, 0.3) is 10.9 Å². The Morgan fingerprint density at radius 2 is 1.70 bits per heavy atom. The van der Waals surface area contributed by atoms with Crippen molar-refractivity contribution in [3.05, 3.63) is 42.4 Å². The Labute approximate surface area is 159 Å². The number of piperazine rings is 1. The van der Waals surface area contributed by atoms with Crippen LogP contribution in [0.5, 0.6) is 0 Å². The lowest BCUT2D eigenvalue weighted by atomic mass is 9.92. The van der Waals surface area contributed by atoms with Gasteiger partial charge < -0.3 is 9.80 Å². The molecule has 7 nitrogen and oxygen atoms in total. The third kappa shape index (κ3) is 3.54. The molecule has 4 rings (SSSR count). The van der Waals surface area contributed by atoms with Crippen LogP contribution in [0.1, 0.15) is 32.3 Å². The zero-order valence-electron chi connectivity index (χ0n) is 16.3. The first-order valence-corrected chi connectivity index (χ1v) is 9.32. The summed E-state index contributed by atoms with van der Waals surface area (Å²) in [5, 5.41) is 1.06. The SMILES string of the molecule is Cc1nc(N2CCN(c3cc(C(C)(C)C)ncn3)CC2)c2ccncc2n1. The Morgan fingerprint density at radius 1 is 0.963 bits per heavy atom. The van der Waals surface area contributed by atoms with E-state index in [0.29, 0.717) is 0 Å². The fourth-order valence-corrected chi connectivity index (χ4v) is 3.40. The van der Waals surface area contributed by atoms with Crippen molar-refractivity contribution in [2.45, 2.75) is 33.1 Å². The number of anilines is 2. The van der Waals surface area contributed by atoms with Crippen molar-refractivity contribution in [3.63, 3.8) is 0 Å². The van der Waals surface area contributed by atoms with Crippen LogP contribution in [0.4, 0.5) is 11.6 Å². The molecule has 140 valence electrons. The second-order valence-electron chi connectivity index (χ2n) is 7.97. The van der Waals surface area contributed by atoms with E-state index < -0.39 is 0 Å². The van der Waals surface area contributed by atoms with E-state index in [2.05, 4.69) is 56.6 Å². The molecule has 0 aromatic carbocycles. The maximum absolute atomic E-state index is 4.71. The molecule has 4 heterocycles. The highest BCUT2D eigenvalue weighted by atomic mass is 15.3. The van der Waals surface area contributed by atoms with E-state index in [-0.39, 0.29) is 5.41 Å².